The normalized spacial score (nSPS) is 11.9. The predicted octanol–water partition coefficient (Wildman–Crippen LogP) is 4.95. The standard InChI is InChI=1S/C25H27N3O3/c1-24(2,3)17-10-18(25(4,5)6)21(29)11-20(17)28-23(31)16-13-27-19-9-14(12-26)7-8-15(19)22(16)30/h7-11,13,29H,1-6H3,(H,27,30)(H,28,31). The Hall–Kier alpha value is -3.59. The summed E-state index contributed by atoms with van der Waals surface area (Å²) in [6.45, 7) is 12.1. The smallest absolute Gasteiger partial charge is 0.261 e. The van der Waals surface area contributed by atoms with Crippen LogP contribution in [0.3, 0.4) is 0 Å². The second kappa shape index (κ2) is 7.59. The van der Waals surface area contributed by atoms with Gasteiger partial charge in [-0.05, 0) is 46.2 Å². The van der Waals surface area contributed by atoms with E-state index in [2.05, 4.69) is 10.3 Å². The van der Waals surface area contributed by atoms with Crippen molar-refractivity contribution >= 4 is 22.5 Å². The Balaban J connectivity index is 2.08. The number of aromatic nitrogens is 1. The molecule has 0 aliphatic rings. The van der Waals surface area contributed by atoms with Gasteiger partial charge in [0.15, 0.2) is 0 Å². The number of anilines is 1. The van der Waals surface area contributed by atoms with Gasteiger partial charge < -0.3 is 15.4 Å². The van der Waals surface area contributed by atoms with Crippen LogP contribution in [-0.2, 0) is 10.8 Å². The van der Waals surface area contributed by atoms with Gasteiger partial charge >= 0.3 is 0 Å². The van der Waals surface area contributed by atoms with Gasteiger partial charge in [-0.1, -0.05) is 41.5 Å². The van der Waals surface area contributed by atoms with E-state index in [0.717, 1.165) is 11.1 Å². The quantitative estimate of drug-likeness (QED) is 0.548. The zero-order valence-electron chi connectivity index (χ0n) is 18.7. The maximum absolute atomic E-state index is 13.0. The van der Waals surface area contributed by atoms with Crippen LogP contribution in [-0.4, -0.2) is 16.0 Å². The Kier molecular flexibility index (Phi) is 5.41. The van der Waals surface area contributed by atoms with E-state index in [0.29, 0.717) is 22.2 Å². The number of phenolic OH excluding ortho intramolecular Hbond substituents is 1. The minimum absolute atomic E-state index is 0.0449. The SMILES string of the molecule is CC(C)(C)c1cc(C(C)(C)C)c(NC(=O)c2c[nH]c3cc(C#N)ccc3c2=O)cc1O. The number of hydrogen-bond donors (Lipinski definition) is 3. The summed E-state index contributed by atoms with van der Waals surface area (Å²) in [5, 5.41) is 22.8. The van der Waals surface area contributed by atoms with Crippen molar-refractivity contribution in [1.29, 1.82) is 5.26 Å². The number of aromatic hydroxyl groups is 1. The van der Waals surface area contributed by atoms with E-state index >= 15 is 0 Å². The topological polar surface area (TPSA) is 106 Å². The van der Waals surface area contributed by atoms with Crippen LogP contribution in [0.15, 0.2) is 41.3 Å². The number of carbonyl (C=O) groups is 1. The number of hydrogen-bond acceptors (Lipinski definition) is 4. The summed E-state index contributed by atoms with van der Waals surface area (Å²) in [6.07, 6.45) is 1.35. The molecule has 0 saturated heterocycles. The van der Waals surface area contributed by atoms with Crippen molar-refractivity contribution in [2.24, 2.45) is 0 Å². The molecule has 3 N–H and O–H groups in total. The summed E-state index contributed by atoms with van der Waals surface area (Å²) in [5.74, 6) is -0.479. The molecule has 2 aromatic carbocycles. The molecule has 0 spiro atoms. The fourth-order valence-corrected chi connectivity index (χ4v) is 3.56. The third kappa shape index (κ3) is 4.31. The molecule has 1 amide bonds. The third-order valence-corrected chi connectivity index (χ3v) is 5.25. The number of amides is 1. The molecule has 0 saturated carbocycles. The number of nitriles is 1. The average Bonchev–Trinajstić information content (AvgIpc) is 2.65. The Labute approximate surface area is 181 Å². The monoisotopic (exact) mass is 417 g/mol. The van der Waals surface area contributed by atoms with Crippen molar-refractivity contribution in [3.63, 3.8) is 0 Å². The van der Waals surface area contributed by atoms with Crippen molar-refractivity contribution in [3.8, 4) is 11.8 Å². The zero-order valence-corrected chi connectivity index (χ0v) is 18.7. The van der Waals surface area contributed by atoms with E-state index < -0.39 is 11.3 Å². The largest absolute Gasteiger partial charge is 0.508 e. The van der Waals surface area contributed by atoms with Gasteiger partial charge in [0.25, 0.3) is 5.91 Å². The first-order valence-electron chi connectivity index (χ1n) is 10.1. The van der Waals surface area contributed by atoms with Crippen LogP contribution < -0.4 is 10.7 Å². The van der Waals surface area contributed by atoms with Gasteiger partial charge in [0.2, 0.25) is 5.43 Å². The molecule has 160 valence electrons. The highest BCUT2D eigenvalue weighted by molar-refractivity contribution is 6.06. The molecule has 1 aromatic heterocycles. The first-order chi connectivity index (χ1) is 14.3. The highest BCUT2D eigenvalue weighted by Gasteiger charge is 2.26. The number of aromatic amines is 1. The number of H-pyrrole nitrogens is 1. The maximum Gasteiger partial charge on any atom is 0.261 e. The van der Waals surface area contributed by atoms with Crippen LogP contribution in [0.2, 0.25) is 0 Å². The molecule has 0 aliphatic heterocycles. The summed E-state index contributed by atoms with van der Waals surface area (Å²) in [6, 6.07) is 10.1. The van der Waals surface area contributed by atoms with Crippen molar-refractivity contribution in [3.05, 3.63) is 69.0 Å². The van der Waals surface area contributed by atoms with Gasteiger partial charge in [0.1, 0.15) is 11.3 Å². The van der Waals surface area contributed by atoms with E-state index in [1.165, 1.54) is 12.3 Å². The minimum atomic E-state index is -0.569. The number of nitrogens with one attached hydrogen (secondary N) is 2. The Morgan fingerprint density at radius 1 is 1.03 bits per heavy atom. The molecule has 0 fully saturated rings. The van der Waals surface area contributed by atoms with Crippen LogP contribution in [0.5, 0.6) is 5.75 Å². The number of pyridine rings is 1. The lowest BCUT2D eigenvalue weighted by Crippen LogP contribution is -2.25. The highest BCUT2D eigenvalue weighted by Crippen LogP contribution is 2.39. The Morgan fingerprint density at radius 3 is 2.26 bits per heavy atom. The number of benzene rings is 2. The highest BCUT2D eigenvalue weighted by atomic mass is 16.3. The molecular weight excluding hydrogens is 390 g/mol. The maximum atomic E-state index is 13.0. The molecule has 1 heterocycles. The van der Waals surface area contributed by atoms with Crippen molar-refractivity contribution < 1.29 is 9.90 Å². The third-order valence-electron chi connectivity index (χ3n) is 5.25. The van der Waals surface area contributed by atoms with Crippen molar-refractivity contribution in [1.82, 2.24) is 4.98 Å². The number of carbonyl (C=O) groups excluding carboxylic acids is 1. The van der Waals surface area contributed by atoms with Gasteiger partial charge in [-0.2, -0.15) is 5.26 Å². The summed E-state index contributed by atoms with van der Waals surface area (Å²) in [7, 11) is 0. The molecular formula is C25H27N3O3. The van der Waals surface area contributed by atoms with Gasteiger partial charge in [0.05, 0.1) is 17.1 Å². The molecule has 0 aliphatic carbocycles. The van der Waals surface area contributed by atoms with Crippen LogP contribution >= 0.6 is 0 Å². The van der Waals surface area contributed by atoms with Crippen molar-refractivity contribution in [2.75, 3.05) is 5.32 Å². The Bertz CT molecular complexity index is 1280. The molecule has 6 heteroatoms. The first kappa shape index (κ1) is 22.1. The number of phenols is 1. The average molecular weight is 418 g/mol. The molecule has 0 unspecified atom stereocenters. The molecule has 3 aromatic rings. The molecule has 0 atom stereocenters. The van der Waals surface area contributed by atoms with Gasteiger partial charge in [-0.3, -0.25) is 9.59 Å². The zero-order chi connectivity index (χ0) is 23.1. The lowest BCUT2D eigenvalue weighted by molar-refractivity contribution is 0.102. The second-order valence-electron chi connectivity index (χ2n) is 9.77. The minimum Gasteiger partial charge on any atom is -0.508 e. The van der Waals surface area contributed by atoms with E-state index in [1.54, 1.807) is 18.2 Å². The van der Waals surface area contributed by atoms with E-state index in [-0.39, 0.29) is 22.1 Å². The molecule has 6 nitrogen and oxygen atoms in total. The van der Waals surface area contributed by atoms with Crippen LogP contribution in [0, 0.1) is 11.3 Å². The fourth-order valence-electron chi connectivity index (χ4n) is 3.56. The molecule has 0 bridgehead atoms. The molecule has 0 radical (unpaired) electrons. The number of nitrogens with zero attached hydrogens (tertiary/aromatic N) is 1. The summed E-state index contributed by atoms with van der Waals surface area (Å²) in [4.78, 5) is 28.8. The number of fused-ring (bicyclic) bond motifs is 1. The van der Waals surface area contributed by atoms with Crippen molar-refractivity contribution in [2.45, 2.75) is 52.4 Å². The second-order valence-corrected chi connectivity index (χ2v) is 9.77. The predicted molar refractivity (Wildman–Crippen MR) is 123 cm³/mol. The van der Waals surface area contributed by atoms with E-state index in [4.69, 9.17) is 5.26 Å². The van der Waals surface area contributed by atoms with Crippen LogP contribution in [0.1, 0.15) is 68.6 Å². The van der Waals surface area contributed by atoms with E-state index in [1.807, 2.05) is 53.7 Å². The molecule has 3 rings (SSSR count). The van der Waals surface area contributed by atoms with Crippen LogP contribution in [0.25, 0.3) is 10.9 Å². The summed E-state index contributed by atoms with van der Waals surface area (Å²) in [5.41, 5.74) is 1.96. The molecule has 31 heavy (non-hydrogen) atoms. The summed E-state index contributed by atoms with van der Waals surface area (Å²) >= 11 is 0. The fraction of sp³-hybridized carbons (Fsp3) is 0.320. The summed E-state index contributed by atoms with van der Waals surface area (Å²) < 4.78 is 0. The van der Waals surface area contributed by atoms with E-state index in [9.17, 15) is 14.7 Å². The lowest BCUT2D eigenvalue weighted by Gasteiger charge is -2.28. The number of rotatable bonds is 2. The van der Waals surface area contributed by atoms with Crippen LogP contribution in [0.4, 0.5) is 5.69 Å². The lowest BCUT2D eigenvalue weighted by atomic mass is 9.79. The van der Waals surface area contributed by atoms with Gasteiger partial charge in [0, 0.05) is 23.3 Å². The Morgan fingerprint density at radius 2 is 1.68 bits per heavy atom. The van der Waals surface area contributed by atoms with Gasteiger partial charge in [-0.25, -0.2) is 0 Å². The van der Waals surface area contributed by atoms with Gasteiger partial charge in [-0.15, -0.1) is 0 Å². The first-order valence-corrected chi connectivity index (χ1v) is 10.1.